The monoisotopic (exact) mass is 394 g/mol. The maximum Gasteiger partial charge on any atom is 0.272 e. The van der Waals surface area contributed by atoms with Crippen molar-refractivity contribution in [3.05, 3.63) is 58.7 Å². The Kier molecular flexibility index (Phi) is 4.61. The van der Waals surface area contributed by atoms with E-state index in [2.05, 4.69) is 25.2 Å². The van der Waals surface area contributed by atoms with Gasteiger partial charge in [-0.1, -0.05) is 6.42 Å². The van der Waals surface area contributed by atoms with Gasteiger partial charge in [0.05, 0.1) is 12.2 Å². The second-order valence-corrected chi connectivity index (χ2v) is 7.69. The van der Waals surface area contributed by atoms with E-state index in [1.807, 2.05) is 0 Å². The minimum Gasteiger partial charge on any atom is -0.343 e. The Hall–Kier alpha value is -3.03. The van der Waals surface area contributed by atoms with Crippen LogP contribution in [-0.4, -0.2) is 30.5 Å². The SMILES string of the molecule is O=C(NCc1nnc2n1CCCCC2)c1nn(-c2ccc(F)cc2)c2c1CCC2. The zero-order valence-electron chi connectivity index (χ0n) is 16.2. The molecule has 0 bridgehead atoms. The molecular weight excluding hydrogens is 371 g/mol. The van der Waals surface area contributed by atoms with Crippen LogP contribution in [0.4, 0.5) is 4.39 Å². The summed E-state index contributed by atoms with van der Waals surface area (Å²) < 4.78 is 17.2. The smallest absolute Gasteiger partial charge is 0.272 e. The van der Waals surface area contributed by atoms with E-state index in [4.69, 9.17) is 0 Å². The Morgan fingerprint density at radius 3 is 2.76 bits per heavy atom. The van der Waals surface area contributed by atoms with Crippen LogP contribution < -0.4 is 5.32 Å². The van der Waals surface area contributed by atoms with Crippen molar-refractivity contribution < 1.29 is 9.18 Å². The Morgan fingerprint density at radius 2 is 1.90 bits per heavy atom. The number of aryl methyl sites for hydroxylation is 1. The molecule has 7 nitrogen and oxygen atoms in total. The molecule has 2 aliphatic rings. The molecule has 150 valence electrons. The van der Waals surface area contributed by atoms with Crippen LogP contribution in [0, 0.1) is 5.82 Å². The van der Waals surface area contributed by atoms with Crippen molar-refractivity contribution in [1.29, 1.82) is 0 Å². The topological polar surface area (TPSA) is 77.6 Å². The summed E-state index contributed by atoms with van der Waals surface area (Å²) in [7, 11) is 0. The molecular formula is C21H23FN6O. The first-order valence-corrected chi connectivity index (χ1v) is 10.3. The normalized spacial score (nSPS) is 15.6. The fourth-order valence-electron chi connectivity index (χ4n) is 4.33. The fraction of sp³-hybridized carbons (Fsp3) is 0.429. The van der Waals surface area contributed by atoms with Crippen LogP contribution in [0.5, 0.6) is 0 Å². The van der Waals surface area contributed by atoms with Crippen LogP contribution >= 0.6 is 0 Å². The fourth-order valence-corrected chi connectivity index (χ4v) is 4.33. The van der Waals surface area contributed by atoms with Crippen LogP contribution in [0.1, 0.15) is 59.1 Å². The van der Waals surface area contributed by atoms with E-state index in [9.17, 15) is 9.18 Å². The van der Waals surface area contributed by atoms with Gasteiger partial charge in [0.25, 0.3) is 5.91 Å². The zero-order chi connectivity index (χ0) is 19.8. The molecule has 3 aromatic rings. The van der Waals surface area contributed by atoms with Crippen molar-refractivity contribution in [2.75, 3.05) is 0 Å². The minimum absolute atomic E-state index is 0.199. The third kappa shape index (κ3) is 3.32. The van der Waals surface area contributed by atoms with E-state index in [1.165, 1.54) is 18.6 Å². The molecule has 5 rings (SSSR count). The Morgan fingerprint density at radius 1 is 1.03 bits per heavy atom. The van der Waals surface area contributed by atoms with Crippen LogP contribution in [0.25, 0.3) is 5.69 Å². The van der Waals surface area contributed by atoms with Crippen molar-refractivity contribution in [2.24, 2.45) is 0 Å². The number of halogens is 1. The third-order valence-electron chi connectivity index (χ3n) is 5.81. The number of nitrogens with zero attached hydrogens (tertiary/aromatic N) is 5. The number of hydrogen-bond acceptors (Lipinski definition) is 4. The lowest BCUT2D eigenvalue weighted by molar-refractivity contribution is 0.0943. The lowest BCUT2D eigenvalue weighted by Gasteiger charge is -2.08. The molecule has 1 aromatic carbocycles. The molecule has 0 atom stereocenters. The first-order valence-electron chi connectivity index (χ1n) is 10.3. The highest BCUT2D eigenvalue weighted by Gasteiger charge is 2.27. The van der Waals surface area contributed by atoms with E-state index >= 15 is 0 Å². The number of amides is 1. The van der Waals surface area contributed by atoms with Gasteiger partial charge in [0.15, 0.2) is 11.5 Å². The van der Waals surface area contributed by atoms with Crippen molar-refractivity contribution in [2.45, 2.75) is 58.0 Å². The van der Waals surface area contributed by atoms with Crippen molar-refractivity contribution in [3.8, 4) is 5.69 Å². The van der Waals surface area contributed by atoms with Gasteiger partial charge < -0.3 is 9.88 Å². The first-order chi connectivity index (χ1) is 14.2. The minimum atomic E-state index is -0.289. The summed E-state index contributed by atoms with van der Waals surface area (Å²) in [4.78, 5) is 12.9. The number of benzene rings is 1. The molecule has 0 radical (unpaired) electrons. The molecule has 0 saturated heterocycles. The summed E-state index contributed by atoms with van der Waals surface area (Å²) in [6.45, 7) is 1.24. The molecule has 0 fully saturated rings. The average Bonchev–Trinajstić information content (AvgIpc) is 3.39. The summed E-state index contributed by atoms with van der Waals surface area (Å²) in [5.41, 5.74) is 3.26. The maximum absolute atomic E-state index is 13.3. The van der Waals surface area contributed by atoms with Gasteiger partial charge in [-0.2, -0.15) is 5.10 Å². The highest BCUT2D eigenvalue weighted by atomic mass is 19.1. The molecule has 1 aliphatic carbocycles. The standard InChI is InChI=1S/C21H23FN6O/c22-14-8-10-15(11-9-14)28-17-6-4-5-16(17)20(26-28)21(29)23-13-19-25-24-18-7-2-1-3-12-27(18)19/h8-11H,1-7,12-13H2,(H,23,29). The van der Waals surface area contributed by atoms with Gasteiger partial charge in [0, 0.05) is 24.2 Å². The molecule has 29 heavy (non-hydrogen) atoms. The summed E-state index contributed by atoms with van der Waals surface area (Å²) in [6.07, 6.45) is 7.08. The molecule has 2 aromatic heterocycles. The van der Waals surface area contributed by atoms with Crippen molar-refractivity contribution in [1.82, 2.24) is 29.9 Å². The second kappa shape index (κ2) is 7.42. The van der Waals surface area contributed by atoms with Gasteiger partial charge >= 0.3 is 0 Å². The number of carbonyl (C=O) groups is 1. The van der Waals surface area contributed by atoms with Gasteiger partial charge in [-0.15, -0.1) is 10.2 Å². The van der Waals surface area contributed by atoms with Crippen LogP contribution in [-0.2, 0) is 32.4 Å². The molecule has 0 saturated carbocycles. The number of carbonyl (C=O) groups excluding carboxylic acids is 1. The number of hydrogen-bond donors (Lipinski definition) is 1. The predicted octanol–water partition coefficient (Wildman–Crippen LogP) is 2.75. The largest absolute Gasteiger partial charge is 0.343 e. The lowest BCUT2D eigenvalue weighted by Crippen LogP contribution is -2.26. The molecule has 0 spiro atoms. The van der Waals surface area contributed by atoms with E-state index in [0.717, 1.165) is 73.7 Å². The average molecular weight is 394 g/mol. The molecule has 3 heterocycles. The highest BCUT2D eigenvalue weighted by Crippen LogP contribution is 2.28. The van der Waals surface area contributed by atoms with Gasteiger partial charge in [-0.25, -0.2) is 9.07 Å². The van der Waals surface area contributed by atoms with Crippen LogP contribution in [0.2, 0.25) is 0 Å². The lowest BCUT2D eigenvalue weighted by atomic mass is 10.2. The maximum atomic E-state index is 13.3. The quantitative estimate of drug-likeness (QED) is 0.738. The van der Waals surface area contributed by atoms with Crippen molar-refractivity contribution in [3.63, 3.8) is 0 Å². The van der Waals surface area contributed by atoms with E-state index < -0.39 is 0 Å². The summed E-state index contributed by atoms with van der Waals surface area (Å²) in [5.74, 6) is 1.32. The van der Waals surface area contributed by atoms with Gasteiger partial charge in [0.2, 0.25) is 0 Å². The van der Waals surface area contributed by atoms with E-state index in [-0.39, 0.29) is 11.7 Å². The first kappa shape index (κ1) is 18.0. The van der Waals surface area contributed by atoms with E-state index in [0.29, 0.717) is 12.2 Å². The summed E-state index contributed by atoms with van der Waals surface area (Å²) >= 11 is 0. The highest BCUT2D eigenvalue weighted by molar-refractivity contribution is 5.94. The van der Waals surface area contributed by atoms with Crippen LogP contribution in [0.15, 0.2) is 24.3 Å². The molecule has 1 aliphatic heterocycles. The summed E-state index contributed by atoms with van der Waals surface area (Å²) in [5, 5.41) is 16.1. The Bertz CT molecular complexity index is 1050. The van der Waals surface area contributed by atoms with Crippen LogP contribution in [0.3, 0.4) is 0 Å². The third-order valence-corrected chi connectivity index (χ3v) is 5.81. The number of rotatable bonds is 4. The molecule has 1 N–H and O–H groups in total. The van der Waals surface area contributed by atoms with E-state index in [1.54, 1.807) is 16.8 Å². The van der Waals surface area contributed by atoms with Gasteiger partial charge in [-0.05, 0) is 56.4 Å². The Labute approximate surface area is 167 Å². The number of nitrogens with one attached hydrogen (secondary N) is 1. The summed E-state index contributed by atoms with van der Waals surface area (Å²) in [6, 6.07) is 6.20. The van der Waals surface area contributed by atoms with Gasteiger partial charge in [0.1, 0.15) is 11.6 Å². The van der Waals surface area contributed by atoms with Gasteiger partial charge in [-0.3, -0.25) is 4.79 Å². The predicted molar refractivity (Wildman–Crippen MR) is 104 cm³/mol. The second-order valence-electron chi connectivity index (χ2n) is 7.69. The van der Waals surface area contributed by atoms with Crippen molar-refractivity contribution >= 4 is 5.91 Å². The number of fused-ring (bicyclic) bond motifs is 2. The Balaban J connectivity index is 1.37. The zero-order valence-corrected chi connectivity index (χ0v) is 16.2. The molecule has 0 unspecified atom stereocenters. The number of aromatic nitrogens is 5. The molecule has 8 heteroatoms. The molecule has 1 amide bonds.